The van der Waals surface area contributed by atoms with Gasteiger partial charge in [-0.1, -0.05) is 44.2 Å². The first-order chi connectivity index (χ1) is 10.1. The van der Waals surface area contributed by atoms with Crippen molar-refractivity contribution in [2.24, 2.45) is 11.1 Å². The molecule has 1 aliphatic carbocycles. The van der Waals surface area contributed by atoms with Crippen LogP contribution in [0.3, 0.4) is 0 Å². The van der Waals surface area contributed by atoms with Gasteiger partial charge < -0.3 is 10.3 Å². The lowest BCUT2D eigenvalue weighted by Crippen LogP contribution is -2.30. The van der Waals surface area contributed by atoms with Crippen molar-refractivity contribution in [3.05, 3.63) is 59.4 Å². The minimum Gasteiger partial charge on any atom is -0.351 e. The third-order valence-corrected chi connectivity index (χ3v) is 4.64. The van der Waals surface area contributed by atoms with Gasteiger partial charge in [0.05, 0.1) is 0 Å². The summed E-state index contributed by atoms with van der Waals surface area (Å²) in [7, 11) is 0. The number of aromatic nitrogens is 1. The summed E-state index contributed by atoms with van der Waals surface area (Å²) in [5.41, 5.74) is 10.9. The Morgan fingerprint density at radius 1 is 1.19 bits per heavy atom. The molecule has 0 saturated heterocycles. The highest BCUT2D eigenvalue weighted by molar-refractivity contribution is 5.30. The average Bonchev–Trinajstić information content (AvgIpc) is 2.82. The SMILES string of the molecule is CC1(C)Cc2c(ccn2CCCc2ccccc2)C(N)C1. The van der Waals surface area contributed by atoms with Crippen LogP contribution in [0.4, 0.5) is 0 Å². The van der Waals surface area contributed by atoms with Crippen LogP contribution >= 0.6 is 0 Å². The van der Waals surface area contributed by atoms with E-state index < -0.39 is 0 Å². The largest absolute Gasteiger partial charge is 0.351 e. The molecule has 1 heterocycles. The van der Waals surface area contributed by atoms with Crippen LogP contribution in [0.5, 0.6) is 0 Å². The zero-order valence-electron chi connectivity index (χ0n) is 13.2. The molecule has 2 heteroatoms. The van der Waals surface area contributed by atoms with Gasteiger partial charge in [-0.2, -0.15) is 0 Å². The highest BCUT2D eigenvalue weighted by Gasteiger charge is 2.32. The molecule has 1 aliphatic rings. The fourth-order valence-electron chi connectivity index (χ4n) is 3.60. The van der Waals surface area contributed by atoms with Crippen molar-refractivity contribution >= 4 is 0 Å². The first kappa shape index (κ1) is 14.4. The van der Waals surface area contributed by atoms with Gasteiger partial charge in [-0.3, -0.25) is 0 Å². The van der Waals surface area contributed by atoms with Crippen LogP contribution in [-0.2, 0) is 19.4 Å². The van der Waals surface area contributed by atoms with Crippen molar-refractivity contribution in [1.29, 1.82) is 0 Å². The zero-order chi connectivity index (χ0) is 14.9. The van der Waals surface area contributed by atoms with Crippen LogP contribution in [0.1, 0.15) is 49.6 Å². The third-order valence-electron chi connectivity index (χ3n) is 4.64. The molecule has 0 fully saturated rings. The van der Waals surface area contributed by atoms with Crippen molar-refractivity contribution in [3.63, 3.8) is 0 Å². The number of fused-ring (bicyclic) bond motifs is 1. The summed E-state index contributed by atoms with van der Waals surface area (Å²) in [6, 6.07) is 13.2. The number of hydrogen-bond donors (Lipinski definition) is 1. The lowest BCUT2D eigenvalue weighted by molar-refractivity contribution is 0.275. The molecular formula is C19H26N2. The number of benzene rings is 1. The number of aryl methyl sites for hydroxylation is 2. The van der Waals surface area contributed by atoms with Crippen LogP contribution in [0.15, 0.2) is 42.6 Å². The summed E-state index contributed by atoms with van der Waals surface area (Å²) >= 11 is 0. The molecule has 3 rings (SSSR count). The molecule has 0 aliphatic heterocycles. The molecule has 1 aromatic carbocycles. The summed E-state index contributed by atoms with van der Waals surface area (Å²) in [4.78, 5) is 0. The van der Waals surface area contributed by atoms with Crippen molar-refractivity contribution in [2.45, 2.75) is 52.1 Å². The van der Waals surface area contributed by atoms with E-state index in [4.69, 9.17) is 5.73 Å². The second kappa shape index (κ2) is 5.69. The zero-order valence-corrected chi connectivity index (χ0v) is 13.2. The second-order valence-corrected chi connectivity index (χ2v) is 7.15. The van der Waals surface area contributed by atoms with Crippen molar-refractivity contribution in [1.82, 2.24) is 4.57 Å². The predicted octanol–water partition coefficient (Wildman–Crippen LogP) is 4.09. The highest BCUT2D eigenvalue weighted by Crippen LogP contribution is 2.40. The predicted molar refractivity (Wildman–Crippen MR) is 88.2 cm³/mol. The van der Waals surface area contributed by atoms with Gasteiger partial charge in [0.15, 0.2) is 0 Å². The van der Waals surface area contributed by atoms with E-state index in [9.17, 15) is 0 Å². The molecule has 0 spiro atoms. The molecule has 0 amide bonds. The molecule has 2 aromatic rings. The Hall–Kier alpha value is -1.54. The minimum absolute atomic E-state index is 0.208. The standard InChI is InChI=1S/C19H26N2/c1-19(2)13-17(20)16-10-12-21(18(16)14-19)11-6-9-15-7-4-3-5-8-15/h3-5,7-8,10,12,17H,6,9,11,13-14,20H2,1-2H3. The van der Waals surface area contributed by atoms with E-state index in [0.29, 0.717) is 5.41 Å². The summed E-state index contributed by atoms with van der Waals surface area (Å²) < 4.78 is 2.43. The van der Waals surface area contributed by atoms with Gasteiger partial charge in [-0.15, -0.1) is 0 Å². The topological polar surface area (TPSA) is 30.9 Å². The Balaban J connectivity index is 1.67. The second-order valence-electron chi connectivity index (χ2n) is 7.15. The molecule has 2 N–H and O–H groups in total. The van der Waals surface area contributed by atoms with Gasteiger partial charge >= 0.3 is 0 Å². The van der Waals surface area contributed by atoms with Gasteiger partial charge in [-0.25, -0.2) is 0 Å². The van der Waals surface area contributed by atoms with Crippen LogP contribution in [-0.4, -0.2) is 4.57 Å². The van der Waals surface area contributed by atoms with Gasteiger partial charge in [0.25, 0.3) is 0 Å². The Kier molecular flexibility index (Phi) is 3.90. The molecule has 0 saturated carbocycles. The molecule has 1 aromatic heterocycles. The lowest BCUT2D eigenvalue weighted by Gasteiger charge is -2.34. The van der Waals surface area contributed by atoms with E-state index in [-0.39, 0.29) is 6.04 Å². The Morgan fingerprint density at radius 2 is 1.95 bits per heavy atom. The van der Waals surface area contributed by atoms with Crippen LogP contribution in [0, 0.1) is 5.41 Å². The maximum absolute atomic E-state index is 6.34. The van der Waals surface area contributed by atoms with Crippen molar-refractivity contribution < 1.29 is 0 Å². The lowest BCUT2D eigenvalue weighted by atomic mass is 9.74. The van der Waals surface area contributed by atoms with E-state index in [1.54, 1.807) is 0 Å². The van der Waals surface area contributed by atoms with Crippen LogP contribution in [0.25, 0.3) is 0 Å². The molecule has 0 radical (unpaired) electrons. The molecule has 21 heavy (non-hydrogen) atoms. The quantitative estimate of drug-likeness (QED) is 0.899. The Bertz CT molecular complexity index is 595. The van der Waals surface area contributed by atoms with Crippen LogP contribution < -0.4 is 5.73 Å². The maximum Gasteiger partial charge on any atom is 0.0318 e. The van der Waals surface area contributed by atoms with E-state index in [1.165, 1.54) is 23.2 Å². The van der Waals surface area contributed by atoms with Gasteiger partial charge in [0, 0.05) is 24.5 Å². The van der Waals surface area contributed by atoms with Crippen LogP contribution in [0.2, 0.25) is 0 Å². The summed E-state index contributed by atoms with van der Waals surface area (Å²) in [6.45, 7) is 5.75. The third kappa shape index (κ3) is 3.21. The smallest absolute Gasteiger partial charge is 0.0318 e. The molecule has 2 nitrogen and oxygen atoms in total. The highest BCUT2D eigenvalue weighted by atomic mass is 15.0. The first-order valence-electron chi connectivity index (χ1n) is 8.03. The molecule has 112 valence electrons. The summed E-state index contributed by atoms with van der Waals surface area (Å²) in [6.07, 6.45) is 6.79. The number of nitrogens with zero attached hydrogens (tertiary/aromatic N) is 1. The molecule has 0 bridgehead atoms. The van der Waals surface area contributed by atoms with E-state index >= 15 is 0 Å². The Morgan fingerprint density at radius 3 is 2.71 bits per heavy atom. The van der Waals surface area contributed by atoms with Gasteiger partial charge in [0.1, 0.15) is 0 Å². The Labute approximate surface area is 128 Å². The monoisotopic (exact) mass is 282 g/mol. The number of rotatable bonds is 4. The fourth-order valence-corrected chi connectivity index (χ4v) is 3.60. The molecular weight excluding hydrogens is 256 g/mol. The summed E-state index contributed by atoms with van der Waals surface area (Å²) in [5.74, 6) is 0. The van der Waals surface area contributed by atoms with E-state index in [1.807, 2.05) is 0 Å². The minimum atomic E-state index is 0.208. The molecule has 1 atom stereocenters. The van der Waals surface area contributed by atoms with Gasteiger partial charge in [0.2, 0.25) is 0 Å². The maximum atomic E-state index is 6.34. The first-order valence-corrected chi connectivity index (χ1v) is 8.03. The average molecular weight is 282 g/mol. The summed E-state index contributed by atoms with van der Waals surface area (Å²) in [5, 5.41) is 0. The number of hydrogen-bond acceptors (Lipinski definition) is 1. The van der Waals surface area contributed by atoms with E-state index in [0.717, 1.165) is 25.8 Å². The fraction of sp³-hybridized carbons (Fsp3) is 0.474. The van der Waals surface area contributed by atoms with Crippen molar-refractivity contribution in [3.8, 4) is 0 Å². The molecule has 1 unspecified atom stereocenters. The van der Waals surface area contributed by atoms with E-state index in [2.05, 4.69) is 61.0 Å². The number of nitrogens with two attached hydrogens (primary N) is 1. The van der Waals surface area contributed by atoms with Gasteiger partial charge in [-0.05, 0) is 48.3 Å². The normalized spacial score (nSPS) is 20.2. The van der Waals surface area contributed by atoms with Crippen molar-refractivity contribution in [2.75, 3.05) is 0 Å².